The van der Waals surface area contributed by atoms with Gasteiger partial charge in [0.1, 0.15) is 12.0 Å². The van der Waals surface area contributed by atoms with Crippen molar-refractivity contribution in [2.24, 2.45) is 5.92 Å². The zero-order valence-electron chi connectivity index (χ0n) is 10.7. The minimum absolute atomic E-state index is 0.00869. The van der Waals surface area contributed by atoms with Gasteiger partial charge in [0.25, 0.3) is 0 Å². The number of nitrogens with zero attached hydrogens (tertiary/aromatic N) is 2. The molecule has 3 N–H and O–H groups in total. The first-order chi connectivity index (χ1) is 9.11. The summed E-state index contributed by atoms with van der Waals surface area (Å²) in [4.78, 5) is 19.3. The molecule has 0 aromatic carbocycles. The maximum Gasteiger partial charge on any atom is 0.308 e. The van der Waals surface area contributed by atoms with Gasteiger partial charge < -0.3 is 15.8 Å². The van der Waals surface area contributed by atoms with Crippen molar-refractivity contribution in [3.05, 3.63) is 11.5 Å². The summed E-state index contributed by atoms with van der Waals surface area (Å²) in [5.41, 5.74) is 6.16. The van der Waals surface area contributed by atoms with Crippen molar-refractivity contribution in [2.45, 2.75) is 31.7 Å². The Kier molecular flexibility index (Phi) is 4.42. The number of hydrogen-bond donors (Lipinski definition) is 2. The topological polar surface area (TPSA) is 90.1 Å². The smallest absolute Gasteiger partial charge is 0.308 e. The quantitative estimate of drug-likeness (QED) is 0.650. The molecule has 104 valence electrons. The summed E-state index contributed by atoms with van der Waals surface area (Å²) in [6, 6.07) is 0.245. The lowest BCUT2D eigenvalue weighted by atomic mass is 9.86. The molecule has 1 fully saturated rings. The van der Waals surface area contributed by atoms with Crippen LogP contribution in [0.2, 0.25) is 5.15 Å². The predicted molar refractivity (Wildman–Crippen MR) is 72.8 cm³/mol. The molecule has 19 heavy (non-hydrogen) atoms. The van der Waals surface area contributed by atoms with Crippen molar-refractivity contribution in [3.63, 3.8) is 0 Å². The van der Waals surface area contributed by atoms with Gasteiger partial charge >= 0.3 is 5.97 Å². The Morgan fingerprint density at radius 2 is 2.11 bits per heavy atom. The molecular weight excluding hydrogens is 268 g/mol. The fourth-order valence-corrected chi connectivity index (χ4v) is 2.46. The zero-order chi connectivity index (χ0) is 13.8. The maximum atomic E-state index is 11.4. The molecule has 1 heterocycles. The predicted octanol–water partition coefficient (Wildman–Crippen LogP) is 1.86. The average molecular weight is 285 g/mol. The lowest BCUT2D eigenvalue weighted by Gasteiger charge is -2.28. The number of nitrogens with two attached hydrogens (primary N) is 1. The number of anilines is 2. The molecule has 0 unspecified atom stereocenters. The highest BCUT2D eigenvalue weighted by Gasteiger charge is 2.27. The molecule has 1 aliphatic carbocycles. The van der Waals surface area contributed by atoms with Crippen molar-refractivity contribution < 1.29 is 9.53 Å². The highest BCUT2D eigenvalue weighted by atomic mass is 35.5. The minimum Gasteiger partial charge on any atom is -0.469 e. The van der Waals surface area contributed by atoms with Crippen LogP contribution in [-0.2, 0) is 9.53 Å². The molecule has 1 aliphatic rings. The molecule has 0 aliphatic heterocycles. The number of esters is 1. The zero-order valence-corrected chi connectivity index (χ0v) is 11.5. The van der Waals surface area contributed by atoms with Crippen LogP contribution in [0.4, 0.5) is 11.5 Å². The fourth-order valence-electron chi connectivity index (χ4n) is 2.32. The molecule has 0 atom stereocenters. The van der Waals surface area contributed by atoms with Crippen LogP contribution in [0.5, 0.6) is 0 Å². The minimum atomic E-state index is -0.122. The molecule has 6 nitrogen and oxygen atoms in total. The summed E-state index contributed by atoms with van der Waals surface area (Å²) >= 11 is 5.84. The van der Waals surface area contributed by atoms with E-state index in [0.717, 1.165) is 25.7 Å². The van der Waals surface area contributed by atoms with Crippen LogP contribution in [0, 0.1) is 5.92 Å². The molecule has 0 bridgehead atoms. The first kappa shape index (κ1) is 13.9. The van der Waals surface area contributed by atoms with Gasteiger partial charge in [0, 0.05) is 6.04 Å². The molecule has 0 saturated heterocycles. The Hall–Kier alpha value is -1.56. The second-order valence-corrected chi connectivity index (χ2v) is 5.00. The Labute approximate surface area is 116 Å². The van der Waals surface area contributed by atoms with Gasteiger partial charge in [-0.1, -0.05) is 11.6 Å². The van der Waals surface area contributed by atoms with Crippen molar-refractivity contribution in [1.82, 2.24) is 9.97 Å². The van der Waals surface area contributed by atoms with E-state index in [0.29, 0.717) is 11.5 Å². The van der Waals surface area contributed by atoms with E-state index in [4.69, 9.17) is 22.1 Å². The van der Waals surface area contributed by atoms with Gasteiger partial charge in [-0.05, 0) is 25.7 Å². The van der Waals surface area contributed by atoms with Gasteiger partial charge in [0.15, 0.2) is 11.0 Å². The fraction of sp³-hybridized carbons (Fsp3) is 0.583. The summed E-state index contributed by atoms with van der Waals surface area (Å²) in [7, 11) is 1.43. The summed E-state index contributed by atoms with van der Waals surface area (Å²) in [6.07, 6.45) is 4.74. The first-order valence-corrected chi connectivity index (χ1v) is 6.60. The van der Waals surface area contributed by atoms with E-state index < -0.39 is 0 Å². The van der Waals surface area contributed by atoms with Crippen molar-refractivity contribution in [3.8, 4) is 0 Å². The van der Waals surface area contributed by atoms with Crippen LogP contribution in [-0.4, -0.2) is 29.1 Å². The van der Waals surface area contributed by atoms with E-state index in [1.807, 2.05) is 0 Å². The summed E-state index contributed by atoms with van der Waals surface area (Å²) in [6.45, 7) is 0. The number of carbonyl (C=O) groups is 1. The Morgan fingerprint density at radius 1 is 1.42 bits per heavy atom. The van der Waals surface area contributed by atoms with E-state index in [1.54, 1.807) is 0 Å². The molecule has 0 amide bonds. The number of carbonyl (C=O) groups excluding carboxylic acids is 1. The summed E-state index contributed by atoms with van der Waals surface area (Å²) in [5.74, 6) is 0.443. The first-order valence-electron chi connectivity index (χ1n) is 6.22. The number of halogens is 1. The number of nitrogens with one attached hydrogen (secondary N) is 1. The van der Waals surface area contributed by atoms with Crippen LogP contribution in [0.15, 0.2) is 6.33 Å². The van der Waals surface area contributed by atoms with Gasteiger partial charge in [-0.2, -0.15) is 0 Å². The lowest BCUT2D eigenvalue weighted by molar-refractivity contribution is -0.146. The average Bonchev–Trinajstić information content (AvgIpc) is 2.44. The Balaban J connectivity index is 1.92. The van der Waals surface area contributed by atoms with Gasteiger partial charge in [-0.15, -0.1) is 0 Å². The van der Waals surface area contributed by atoms with Crippen molar-refractivity contribution in [2.75, 3.05) is 18.2 Å². The molecule has 0 spiro atoms. The standard InChI is InChI=1S/C12H17ClN4O2/c1-19-12(18)7-2-4-8(5-3-7)17-11-9(14)10(13)15-6-16-11/h6-8H,2-5,14H2,1H3,(H,15,16,17). The normalized spacial score (nSPS) is 22.8. The number of methoxy groups -OCH3 is 1. The number of rotatable bonds is 3. The lowest BCUT2D eigenvalue weighted by Crippen LogP contribution is -2.30. The van der Waals surface area contributed by atoms with E-state index in [2.05, 4.69) is 15.3 Å². The largest absolute Gasteiger partial charge is 0.469 e. The van der Waals surface area contributed by atoms with Crippen LogP contribution in [0.3, 0.4) is 0 Å². The second kappa shape index (κ2) is 6.06. The van der Waals surface area contributed by atoms with Crippen LogP contribution < -0.4 is 11.1 Å². The molecule has 1 aromatic rings. The third-order valence-corrected chi connectivity index (χ3v) is 3.74. The number of ether oxygens (including phenoxy) is 1. The van der Waals surface area contributed by atoms with Gasteiger partial charge in [-0.3, -0.25) is 4.79 Å². The van der Waals surface area contributed by atoms with Crippen molar-refractivity contribution in [1.29, 1.82) is 0 Å². The summed E-state index contributed by atoms with van der Waals surface area (Å²) in [5, 5.41) is 3.51. The Bertz CT molecular complexity index is 461. The van der Waals surface area contributed by atoms with E-state index in [-0.39, 0.29) is 23.1 Å². The maximum absolute atomic E-state index is 11.4. The molecular formula is C12H17ClN4O2. The third-order valence-electron chi connectivity index (χ3n) is 3.44. The molecule has 0 radical (unpaired) electrons. The van der Waals surface area contributed by atoms with E-state index in [9.17, 15) is 4.79 Å². The third kappa shape index (κ3) is 3.26. The van der Waals surface area contributed by atoms with Crippen molar-refractivity contribution >= 4 is 29.1 Å². The monoisotopic (exact) mass is 284 g/mol. The second-order valence-electron chi connectivity index (χ2n) is 4.64. The highest BCUT2D eigenvalue weighted by Crippen LogP contribution is 2.29. The number of nitrogen functional groups attached to an aromatic ring is 1. The van der Waals surface area contributed by atoms with Gasteiger partial charge in [0.05, 0.1) is 13.0 Å². The van der Waals surface area contributed by atoms with E-state index in [1.165, 1.54) is 13.4 Å². The van der Waals surface area contributed by atoms with Crippen LogP contribution in [0.25, 0.3) is 0 Å². The SMILES string of the molecule is COC(=O)C1CCC(Nc2ncnc(Cl)c2N)CC1. The van der Waals surface area contributed by atoms with Crippen LogP contribution >= 0.6 is 11.6 Å². The number of hydrogen-bond acceptors (Lipinski definition) is 6. The van der Waals surface area contributed by atoms with Gasteiger partial charge in [0.2, 0.25) is 0 Å². The summed E-state index contributed by atoms with van der Waals surface area (Å²) < 4.78 is 4.76. The number of aromatic nitrogens is 2. The molecule has 2 rings (SSSR count). The molecule has 1 saturated carbocycles. The van der Waals surface area contributed by atoms with E-state index >= 15 is 0 Å². The van der Waals surface area contributed by atoms with Gasteiger partial charge in [-0.25, -0.2) is 9.97 Å². The molecule has 7 heteroatoms. The van der Waals surface area contributed by atoms with Crippen LogP contribution in [0.1, 0.15) is 25.7 Å². The molecule has 1 aromatic heterocycles. The highest BCUT2D eigenvalue weighted by molar-refractivity contribution is 6.32. The Morgan fingerprint density at radius 3 is 2.74 bits per heavy atom.